The van der Waals surface area contributed by atoms with E-state index in [1.165, 1.54) is 12.1 Å². The normalized spacial score (nSPS) is 14.5. The van der Waals surface area contributed by atoms with Crippen LogP contribution in [0.4, 0.5) is 5.69 Å². The molecule has 2 N–H and O–H groups in total. The van der Waals surface area contributed by atoms with Gasteiger partial charge in [0.15, 0.2) is 11.5 Å². The van der Waals surface area contributed by atoms with E-state index in [4.69, 9.17) is 37.4 Å². The number of carbonyl (C=O) groups excluding carboxylic acids is 2. The third-order valence-corrected chi connectivity index (χ3v) is 6.36. The number of nitrogens with one attached hydrogen (secondary N) is 2. The van der Waals surface area contributed by atoms with Crippen LogP contribution in [0.5, 0.6) is 17.2 Å². The molecule has 1 aliphatic heterocycles. The highest BCUT2D eigenvalue weighted by molar-refractivity contribution is 6.31. The Morgan fingerprint density at radius 3 is 2.41 bits per heavy atom. The first-order chi connectivity index (χ1) is 17.8. The van der Waals surface area contributed by atoms with Crippen molar-refractivity contribution in [3.05, 3.63) is 81.3 Å². The van der Waals surface area contributed by atoms with Crippen molar-refractivity contribution in [1.29, 1.82) is 0 Å². The van der Waals surface area contributed by atoms with Gasteiger partial charge < -0.3 is 19.5 Å². The Balaban J connectivity index is 1.49. The molecule has 1 heterocycles. The number of ether oxygens (including phenoxy) is 3. The Morgan fingerprint density at radius 1 is 0.973 bits per heavy atom. The van der Waals surface area contributed by atoms with Gasteiger partial charge in [0.25, 0.3) is 5.91 Å². The molecular formula is C27H27Cl2N3O5. The summed E-state index contributed by atoms with van der Waals surface area (Å²) in [4.78, 5) is 26.3. The number of amides is 2. The summed E-state index contributed by atoms with van der Waals surface area (Å²) in [6, 6.07) is 15.7. The van der Waals surface area contributed by atoms with Crippen LogP contribution in [0.15, 0.2) is 54.6 Å². The van der Waals surface area contributed by atoms with Gasteiger partial charge in [0, 0.05) is 27.7 Å². The third-order valence-electron chi connectivity index (χ3n) is 5.89. The second-order valence-corrected chi connectivity index (χ2v) is 9.30. The van der Waals surface area contributed by atoms with Crippen LogP contribution in [-0.2, 0) is 4.79 Å². The highest BCUT2D eigenvalue weighted by atomic mass is 35.5. The Bertz CT molecular complexity index is 1320. The summed E-state index contributed by atoms with van der Waals surface area (Å²) in [7, 11) is 3.08. The maximum atomic E-state index is 13.5. The molecule has 37 heavy (non-hydrogen) atoms. The Kier molecular flexibility index (Phi) is 8.31. The summed E-state index contributed by atoms with van der Waals surface area (Å²) < 4.78 is 16.5. The van der Waals surface area contributed by atoms with E-state index < -0.39 is 12.1 Å². The highest BCUT2D eigenvalue weighted by Crippen LogP contribution is 2.37. The molecule has 0 saturated heterocycles. The molecule has 2 amide bonds. The van der Waals surface area contributed by atoms with Gasteiger partial charge in [-0.2, -0.15) is 0 Å². The molecule has 1 atom stereocenters. The van der Waals surface area contributed by atoms with E-state index in [9.17, 15) is 9.59 Å². The van der Waals surface area contributed by atoms with Crippen LogP contribution in [-0.4, -0.2) is 37.6 Å². The quantitative estimate of drug-likeness (QED) is 0.333. The molecule has 0 saturated carbocycles. The van der Waals surface area contributed by atoms with Gasteiger partial charge in [-0.05, 0) is 67.4 Å². The minimum absolute atomic E-state index is 0.150. The van der Waals surface area contributed by atoms with Gasteiger partial charge >= 0.3 is 0 Å². The smallest absolute Gasteiger partial charge is 0.276 e. The molecule has 1 unspecified atom stereocenters. The van der Waals surface area contributed by atoms with E-state index >= 15 is 0 Å². The van der Waals surface area contributed by atoms with E-state index in [-0.39, 0.29) is 12.3 Å². The molecule has 4 rings (SSSR count). The molecule has 3 aromatic carbocycles. The van der Waals surface area contributed by atoms with Crippen LogP contribution >= 0.6 is 23.2 Å². The molecule has 8 nitrogen and oxygen atoms in total. The monoisotopic (exact) mass is 543 g/mol. The number of carbonyl (C=O) groups is 2. The second-order valence-electron chi connectivity index (χ2n) is 8.42. The minimum atomic E-state index is -0.696. The molecule has 0 fully saturated rings. The number of aryl methyl sites for hydroxylation is 1. The fourth-order valence-corrected chi connectivity index (χ4v) is 4.43. The maximum absolute atomic E-state index is 13.5. The van der Waals surface area contributed by atoms with Crippen LogP contribution < -0.4 is 25.0 Å². The lowest BCUT2D eigenvalue weighted by molar-refractivity contribution is -0.126. The van der Waals surface area contributed by atoms with Crippen molar-refractivity contribution >= 4 is 40.7 Å². The van der Waals surface area contributed by atoms with Gasteiger partial charge in [0.1, 0.15) is 11.9 Å². The van der Waals surface area contributed by atoms with Crippen LogP contribution in [0.1, 0.15) is 40.5 Å². The summed E-state index contributed by atoms with van der Waals surface area (Å²) in [6.07, 6.45) is -0.0949. The van der Waals surface area contributed by atoms with Crippen molar-refractivity contribution in [2.45, 2.75) is 25.9 Å². The third kappa shape index (κ3) is 6.03. The molecule has 3 aromatic rings. The van der Waals surface area contributed by atoms with Gasteiger partial charge in [-0.15, -0.1) is 0 Å². The molecule has 0 bridgehead atoms. The number of benzene rings is 3. The maximum Gasteiger partial charge on any atom is 0.276 e. The van der Waals surface area contributed by atoms with Gasteiger partial charge in [-0.3, -0.25) is 15.0 Å². The van der Waals surface area contributed by atoms with Crippen molar-refractivity contribution in [3.8, 4) is 17.2 Å². The Hall–Kier alpha value is -3.62. The zero-order valence-electron chi connectivity index (χ0n) is 20.6. The van der Waals surface area contributed by atoms with Gasteiger partial charge in [0.05, 0.1) is 26.4 Å². The topological polar surface area (TPSA) is 89.1 Å². The van der Waals surface area contributed by atoms with Crippen LogP contribution in [0, 0.1) is 6.92 Å². The average Bonchev–Trinajstić information content (AvgIpc) is 2.89. The first-order valence-electron chi connectivity index (χ1n) is 11.6. The summed E-state index contributed by atoms with van der Waals surface area (Å²) in [6.45, 7) is 2.24. The minimum Gasteiger partial charge on any atom is -0.493 e. The molecule has 0 spiro atoms. The van der Waals surface area contributed by atoms with Crippen molar-refractivity contribution in [1.82, 2.24) is 10.4 Å². The van der Waals surface area contributed by atoms with E-state index in [0.29, 0.717) is 57.1 Å². The van der Waals surface area contributed by atoms with Gasteiger partial charge in [0.2, 0.25) is 5.91 Å². The predicted octanol–water partition coefficient (Wildman–Crippen LogP) is 5.78. The fourth-order valence-electron chi connectivity index (χ4n) is 4.03. The largest absolute Gasteiger partial charge is 0.493 e. The molecule has 1 aliphatic rings. The lowest BCUT2D eigenvalue weighted by atomic mass is 10.0. The van der Waals surface area contributed by atoms with Crippen LogP contribution in [0.25, 0.3) is 0 Å². The summed E-state index contributed by atoms with van der Waals surface area (Å²) in [5, 5.41) is 5.64. The molecule has 0 aromatic heterocycles. The van der Waals surface area contributed by atoms with Crippen molar-refractivity contribution in [2.24, 2.45) is 0 Å². The molecule has 0 radical (unpaired) electrons. The van der Waals surface area contributed by atoms with E-state index in [0.717, 1.165) is 5.56 Å². The van der Waals surface area contributed by atoms with E-state index in [1.807, 2.05) is 13.0 Å². The molecule has 10 heteroatoms. The number of fused-ring (bicyclic) bond motifs is 1. The zero-order valence-corrected chi connectivity index (χ0v) is 22.2. The standard InChI is InChI=1S/C27H27Cl2N3O5/c1-16-13-18(28)8-11-22(16)37-12-4-5-25(33)31-32-26(17-6-10-23(35-2)24(14-17)36-3)30-21-9-7-19(29)15-20(21)27(32)34/h6-11,13-15,26,30H,4-5,12H2,1-3H3,(H,31,33). The fraction of sp³-hybridized carbons (Fsp3) is 0.259. The highest BCUT2D eigenvalue weighted by Gasteiger charge is 2.35. The Labute approximate surface area is 225 Å². The first-order valence-corrected chi connectivity index (χ1v) is 12.4. The SMILES string of the molecule is COc1ccc(C2Nc3ccc(Cl)cc3C(=O)N2NC(=O)CCCOc2ccc(Cl)cc2C)cc1OC. The average molecular weight is 544 g/mol. The number of anilines is 1. The lowest BCUT2D eigenvalue weighted by Gasteiger charge is -2.38. The number of hydrogen-bond acceptors (Lipinski definition) is 6. The number of methoxy groups -OCH3 is 2. The first kappa shape index (κ1) is 26.4. The number of hydrazine groups is 1. The summed E-state index contributed by atoms with van der Waals surface area (Å²) in [5.74, 6) is 1.03. The molecule has 194 valence electrons. The van der Waals surface area contributed by atoms with Gasteiger partial charge in [-0.25, -0.2) is 5.01 Å². The zero-order chi connectivity index (χ0) is 26.5. The van der Waals surface area contributed by atoms with Crippen molar-refractivity contribution < 1.29 is 23.8 Å². The van der Waals surface area contributed by atoms with E-state index in [1.54, 1.807) is 55.6 Å². The van der Waals surface area contributed by atoms with Crippen LogP contribution in [0.2, 0.25) is 10.0 Å². The summed E-state index contributed by atoms with van der Waals surface area (Å²) in [5.41, 5.74) is 5.31. The number of halogens is 2. The lowest BCUT2D eigenvalue weighted by Crippen LogP contribution is -2.52. The number of rotatable bonds is 9. The van der Waals surface area contributed by atoms with Crippen molar-refractivity contribution in [2.75, 3.05) is 26.1 Å². The van der Waals surface area contributed by atoms with Crippen LogP contribution in [0.3, 0.4) is 0 Å². The predicted molar refractivity (Wildman–Crippen MR) is 143 cm³/mol. The number of hydrogen-bond donors (Lipinski definition) is 2. The number of nitrogens with zero attached hydrogens (tertiary/aromatic N) is 1. The van der Waals surface area contributed by atoms with E-state index in [2.05, 4.69) is 10.7 Å². The van der Waals surface area contributed by atoms with Crippen molar-refractivity contribution in [3.63, 3.8) is 0 Å². The molecular weight excluding hydrogens is 517 g/mol. The Morgan fingerprint density at radius 2 is 1.68 bits per heavy atom. The van der Waals surface area contributed by atoms with Gasteiger partial charge in [-0.1, -0.05) is 29.3 Å². The summed E-state index contributed by atoms with van der Waals surface area (Å²) >= 11 is 12.1. The second kappa shape index (κ2) is 11.6. The molecule has 0 aliphatic carbocycles.